The van der Waals surface area contributed by atoms with Crippen LogP contribution in [0.2, 0.25) is 0 Å². The Bertz CT molecular complexity index is 877. The zero-order valence-electron chi connectivity index (χ0n) is 16.3. The van der Waals surface area contributed by atoms with E-state index in [0.717, 1.165) is 39.1 Å². The molecule has 1 aliphatic rings. The van der Waals surface area contributed by atoms with Crippen molar-refractivity contribution in [2.45, 2.75) is 19.6 Å². The topological polar surface area (TPSA) is 54.6 Å². The zero-order valence-corrected chi connectivity index (χ0v) is 16.3. The molecule has 0 unspecified atom stereocenters. The molecule has 1 fully saturated rings. The molecule has 1 aliphatic heterocycles. The minimum absolute atomic E-state index is 0.197. The molecule has 4 rings (SSSR count). The van der Waals surface area contributed by atoms with E-state index in [1.165, 1.54) is 17.7 Å². The lowest BCUT2D eigenvalue weighted by Gasteiger charge is -2.33. The summed E-state index contributed by atoms with van der Waals surface area (Å²) >= 11 is 0. The Kier molecular flexibility index (Phi) is 6.49. The minimum atomic E-state index is -0.292. The number of nitrogens with zero attached hydrogens (tertiary/aromatic N) is 4. The Hall–Kier alpha value is -2.77. The summed E-state index contributed by atoms with van der Waals surface area (Å²) in [5.41, 5.74) is 1.39. The number of rotatable bonds is 8. The fourth-order valence-corrected chi connectivity index (χ4v) is 3.39. The monoisotopic (exact) mass is 396 g/mol. The van der Waals surface area contributed by atoms with Crippen molar-refractivity contribution in [1.29, 1.82) is 0 Å². The Morgan fingerprint density at radius 2 is 1.66 bits per heavy atom. The van der Waals surface area contributed by atoms with Crippen molar-refractivity contribution in [1.82, 2.24) is 19.9 Å². The average molecular weight is 396 g/mol. The van der Waals surface area contributed by atoms with Crippen LogP contribution in [0.1, 0.15) is 17.3 Å². The summed E-state index contributed by atoms with van der Waals surface area (Å²) in [7, 11) is 0. The molecule has 1 saturated heterocycles. The molecule has 29 heavy (non-hydrogen) atoms. The molecule has 0 spiro atoms. The highest BCUT2D eigenvalue weighted by molar-refractivity contribution is 5.22. The van der Waals surface area contributed by atoms with Gasteiger partial charge in [0.05, 0.1) is 6.54 Å². The molecular formula is C22H25FN4O2. The van der Waals surface area contributed by atoms with Crippen molar-refractivity contribution < 1.29 is 13.7 Å². The van der Waals surface area contributed by atoms with E-state index in [0.29, 0.717) is 24.0 Å². The van der Waals surface area contributed by atoms with Gasteiger partial charge in [-0.1, -0.05) is 35.5 Å². The number of halogens is 1. The molecule has 0 radical (unpaired) electrons. The quantitative estimate of drug-likeness (QED) is 0.583. The van der Waals surface area contributed by atoms with Crippen molar-refractivity contribution in [3.8, 4) is 5.75 Å². The highest BCUT2D eigenvalue weighted by Crippen LogP contribution is 2.13. The van der Waals surface area contributed by atoms with Gasteiger partial charge in [-0.05, 0) is 36.2 Å². The van der Waals surface area contributed by atoms with Gasteiger partial charge < -0.3 is 14.2 Å². The summed E-state index contributed by atoms with van der Waals surface area (Å²) in [5.74, 6) is 1.37. The van der Waals surface area contributed by atoms with E-state index in [1.54, 1.807) is 12.1 Å². The second-order valence-corrected chi connectivity index (χ2v) is 7.20. The van der Waals surface area contributed by atoms with Crippen LogP contribution < -0.4 is 4.74 Å². The standard InChI is InChI=1S/C22H25FN4O2/c23-19-6-8-20(9-7-19)28-17-21-24-22(29-25-21)16-27-14-12-26(13-15-27)11-10-18-4-2-1-3-5-18/h1-9H,10-17H2. The normalized spacial score (nSPS) is 15.5. The SMILES string of the molecule is Fc1ccc(OCc2noc(CN3CCN(CCc4ccccc4)CC3)n2)cc1. The van der Waals surface area contributed by atoms with Crippen LogP contribution in [0.3, 0.4) is 0 Å². The summed E-state index contributed by atoms with van der Waals surface area (Å²) in [6.45, 7) is 5.99. The van der Waals surface area contributed by atoms with Gasteiger partial charge in [-0.25, -0.2) is 4.39 Å². The number of aromatic nitrogens is 2. The first-order valence-electron chi connectivity index (χ1n) is 9.93. The Balaban J connectivity index is 1.18. The third-order valence-corrected chi connectivity index (χ3v) is 5.08. The van der Waals surface area contributed by atoms with Crippen molar-refractivity contribution >= 4 is 0 Å². The van der Waals surface area contributed by atoms with Crippen LogP contribution in [0.4, 0.5) is 4.39 Å². The fourth-order valence-electron chi connectivity index (χ4n) is 3.39. The van der Waals surface area contributed by atoms with Gasteiger partial charge in [-0.3, -0.25) is 4.90 Å². The van der Waals surface area contributed by atoms with Gasteiger partial charge in [0, 0.05) is 32.7 Å². The van der Waals surface area contributed by atoms with E-state index in [1.807, 2.05) is 0 Å². The second-order valence-electron chi connectivity index (χ2n) is 7.20. The molecule has 0 N–H and O–H groups in total. The second kappa shape index (κ2) is 9.62. The lowest BCUT2D eigenvalue weighted by molar-refractivity contribution is 0.117. The van der Waals surface area contributed by atoms with Gasteiger partial charge >= 0.3 is 0 Å². The summed E-state index contributed by atoms with van der Waals surface area (Å²) < 4.78 is 23.8. The number of ether oxygens (including phenoxy) is 1. The number of hydrogen-bond donors (Lipinski definition) is 0. The van der Waals surface area contributed by atoms with Crippen molar-refractivity contribution in [2.24, 2.45) is 0 Å². The molecule has 0 aliphatic carbocycles. The maximum atomic E-state index is 12.9. The lowest BCUT2D eigenvalue weighted by Crippen LogP contribution is -2.46. The van der Waals surface area contributed by atoms with Gasteiger partial charge in [0.2, 0.25) is 11.7 Å². The predicted octanol–water partition coefficient (Wildman–Crippen LogP) is 3.15. The molecule has 3 aromatic rings. The smallest absolute Gasteiger partial charge is 0.240 e. The molecule has 0 bridgehead atoms. The van der Waals surface area contributed by atoms with Crippen LogP contribution >= 0.6 is 0 Å². The van der Waals surface area contributed by atoms with E-state index >= 15 is 0 Å². The van der Waals surface area contributed by atoms with Gasteiger partial charge in [-0.15, -0.1) is 0 Å². The third-order valence-electron chi connectivity index (χ3n) is 5.08. The highest BCUT2D eigenvalue weighted by atomic mass is 19.1. The van der Waals surface area contributed by atoms with Crippen molar-refractivity contribution in [3.63, 3.8) is 0 Å². The summed E-state index contributed by atoms with van der Waals surface area (Å²) in [4.78, 5) is 9.23. The van der Waals surface area contributed by atoms with E-state index in [4.69, 9.17) is 9.26 Å². The molecular weight excluding hydrogens is 371 g/mol. The summed E-state index contributed by atoms with van der Waals surface area (Å²) in [6, 6.07) is 16.5. The molecule has 1 aromatic heterocycles. The van der Waals surface area contributed by atoms with E-state index in [9.17, 15) is 4.39 Å². The number of piperazine rings is 1. The first-order chi connectivity index (χ1) is 14.2. The summed E-state index contributed by atoms with van der Waals surface area (Å²) in [5, 5.41) is 3.97. The number of benzene rings is 2. The minimum Gasteiger partial charge on any atom is -0.485 e. The molecule has 2 aromatic carbocycles. The molecule has 0 saturated carbocycles. The average Bonchev–Trinajstić information content (AvgIpc) is 3.21. The molecule has 7 heteroatoms. The summed E-state index contributed by atoms with van der Waals surface area (Å²) in [6.07, 6.45) is 1.09. The van der Waals surface area contributed by atoms with Gasteiger partial charge in [0.25, 0.3) is 0 Å². The lowest BCUT2D eigenvalue weighted by atomic mass is 10.1. The van der Waals surface area contributed by atoms with Crippen LogP contribution in [0.15, 0.2) is 59.1 Å². The maximum absolute atomic E-state index is 12.9. The van der Waals surface area contributed by atoms with Crippen LogP contribution in [0.5, 0.6) is 5.75 Å². The van der Waals surface area contributed by atoms with Gasteiger partial charge in [0.15, 0.2) is 6.61 Å². The fraction of sp³-hybridized carbons (Fsp3) is 0.364. The molecule has 0 amide bonds. The van der Waals surface area contributed by atoms with Crippen LogP contribution in [0, 0.1) is 5.82 Å². The molecule has 0 atom stereocenters. The van der Waals surface area contributed by atoms with Crippen molar-refractivity contribution in [2.75, 3.05) is 32.7 Å². The maximum Gasteiger partial charge on any atom is 0.240 e. The largest absolute Gasteiger partial charge is 0.485 e. The third kappa shape index (κ3) is 5.85. The molecule has 2 heterocycles. The Labute approximate surface area is 169 Å². The van der Waals surface area contributed by atoms with Crippen molar-refractivity contribution in [3.05, 3.63) is 77.7 Å². The Morgan fingerprint density at radius 1 is 0.931 bits per heavy atom. The molecule has 152 valence electrons. The zero-order chi connectivity index (χ0) is 19.9. The van der Waals surface area contributed by atoms with Gasteiger partial charge in [-0.2, -0.15) is 4.98 Å². The van der Waals surface area contributed by atoms with E-state index in [2.05, 4.69) is 50.3 Å². The van der Waals surface area contributed by atoms with E-state index < -0.39 is 0 Å². The predicted molar refractivity (Wildman–Crippen MR) is 107 cm³/mol. The first-order valence-corrected chi connectivity index (χ1v) is 9.93. The van der Waals surface area contributed by atoms with Gasteiger partial charge in [0.1, 0.15) is 11.6 Å². The number of hydrogen-bond acceptors (Lipinski definition) is 6. The first kappa shape index (κ1) is 19.5. The van der Waals surface area contributed by atoms with Crippen LogP contribution in [-0.2, 0) is 19.6 Å². The van der Waals surface area contributed by atoms with Crippen LogP contribution in [0.25, 0.3) is 0 Å². The Morgan fingerprint density at radius 3 is 2.41 bits per heavy atom. The van der Waals surface area contributed by atoms with Crippen LogP contribution in [-0.4, -0.2) is 52.7 Å². The molecule has 6 nitrogen and oxygen atoms in total. The highest BCUT2D eigenvalue weighted by Gasteiger charge is 2.19. The van der Waals surface area contributed by atoms with E-state index in [-0.39, 0.29) is 12.4 Å².